The van der Waals surface area contributed by atoms with Crippen molar-refractivity contribution in [1.29, 1.82) is 0 Å². The summed E-state index contributed by atoms with van der Waals surface area (Å²) in [4.78, 5) is 18.4. The summed E-state index contributed by atoms with van der Waals surface area (Å²) in [6, 6.07) is 3.76. The van der Waals surface area contributed by atoms with Crippen molar-refractivity contribution in [3.63, 3.8) is 0 Å². The van der Waals surface area contributed by atoms with Gasteiger partial charge in [-0.05, 0) is 30.9 Å². The third-order valence-electron chi connectivity index (χ3n) is 3.52. The van der Waals surface area contributed by atoms with Crippen molar-refractivity contribution in [3.05, 3.63) is 30.1 Å². The van der Waals surface area contributed by atoms with Gasteiger partial charge in [-0.25, -0.2) is 0 Å². The van der Waals surface area contributed by atoms with Crippen LogP contribution in [0.1, 0.15) is 44.2 Å². The van der Waals surface area contributed by atoms with Crippen LogP contribution in [0, 0.1) is 0 Å². The lowest BCUT2D eigenvalue weighted by Crippen LogP contribution is -2.43. The predicted octanol–water partition coefficient (Wildman–Crippen LogP) is 1.87. The second-order valence-electron chi connectivity index (χ2n) is 4.87. The standard InChI is InChI=1S/C14H21N3O/c1-2-5-12(15)14(18)17-9-4-7-13(17)11-6-3-8-16-10-11/h3,6,8,10,12-13H,2,4-5,7,9,15H2,1H3/t12-,13?/m1/s1. The highest BCUT2D eigenvalue weighted by atomic mass is 16.2. The van der Waals surface area contributed by atoms with Crippen molar-refractivity contribution in [3.8, 4) is 0 Å². The van der Waals surface area contributed by atoms with E-state index >= 15 is 0 Å². The highest BCUT2D eigenvalue weighted by Crippen LogP contribution is 2.31. The number of carbonyl (C=O) groups excluding carboxylic acids is 1. The SMILES string of the molecule is CCC[C@@H](N)C(=O)N1CCCC1c1cccnc1. The normalized spacial score (nSPS) is 21.0. The Morgan fingerprint density at radius 3 is 3.17 bits per heavy atom. The summed E-state index contributed by atoms with van der Waals surface area (Å²) >= 11 is 0. The molecule has 4 nitrogen and oxygen atoms in total. The Hall–Kier alpha value is -1.42. The number of pyridine rings is 1. The van der Waals surface area contributed by atoms with Gasteiger partial charge in [-0.3, -0.25) is 9.78 Å². The van der Waals surface area contributed by atoms with Crippen LogP contribution >= 0.6 is 0 Å². The molecule has 0 bridgehead atoms. The maximum Gasteiger partial charge on any atom is 0.239 e. The van der Waals surface area contributed by atoms with Crippen molar-refractivity contribution in [2.75, 3.05) is 6.54 Å². The minimum absolute atomic E-state index is 0.0863. The van der Waals surface area contributed by atoms with E-state index in [0.29, 0.717) is 0 Å². The third kappa shape index (κ3) is 2.70. The quantitative estimate of drug-likeness (QED) is 0.883. The molecule has 2 rings (SSSR count). The molecule has 18 heavy (non-hydrogen) atoms. The van der Waals surface area contributed by atoms with Gasteiger partial charge in [-0.15, -0.1) is 0 Å². The summed E-state index contributed by atoms with van der Waals surface area (Å²) in [5, 5.41) is 0. The first-order chi connectivity index (χ1) is 8.74. The van der Waals surface area contributed by atoms with Crippen LogP contribution in [-0.4, -0.2) is 28.4 Å². The molecule has 0 saturated carbocycles. The Morgan fingerprint density at radius 2 is 2.50 bits per heavy atom. The van der Waals surface area contributed by atoms with E-state index in [1.165, 1.54) is 0 Å². The molecule has 0 aromatic carbocycles. The average Bonchev–Trinajstić information content (AvgIpc) is 2.88. The fourth-order valence-corrected chi connectivity index (χ4v) is 2.60. The minimum atomic E-state index is -0.354. The van der Waals surface area contributed by atoms with E-state index in [1.807, 2.05) is 23.2 Å². The largest absolute Gasteiger partial charge is 0.334 e. The molecule has 2 heterocycles. The molecule has 1 aliphatic heterocycles. The summed E-state index contributed by atoms with van der Waals surface area (Å²) in [6.45, 7) is 2.87. The first-order valence-electron chi connectivity index (χ1n) is 6.70. The zero-order chi connectivity index (χ0) is 13.0. The number of nitrogens with two attached hydrogens (primary N) is 1. The maximum atomic E-state index is 12.3. The fraction of sp³-hybridized carbons (Fsp3) is 0.571. The lowest BCUT2D eigenvalue weighted by molar-refractivity contribution is -0.133. The Balaban J connectivity index is 2.10. The van der Waals surface area contributed by atoms with E-state index in [1.54, 1.807) is 6.20 Å². The number of likely N-dealkylation sites (tertiary alicyclic amines) is 1. The molecule has 98 valence electrons. The summed E-state index contributed by atoms with van der Waals surface area (Å²) in [5.74, 6) is 0.0863. The number of aromatic nitrogens is 1. The maximum absolute atomic E-state index is 12.3. The van der Waals surface area contributed by atoms with Gasteiger partial charge in [0, 0.05) is 18.9 Å². The van der Waals surface area contributed by atoms with Crippen LogP contribution in [0.4, 0.5) is 0 Å². The minimum Gasteiger partial charge on any atom is -0.334 e. The fourth-order valence-electron chi connectivity index (χ4n) is 2.60. The monoisotopic (exact) mass is 247 g/mol. The Kier molecular flexibility index (Phi) is 4.31. The summed E-state index contributed by atoms with van der Waals surface area (Å²) in [6.07, 6.45) is 7.36. The Labute approximate surface area is 108 Å². The van der Waals surface area contributed by atoms with E-state index in [2.05, 4.69) is 11.9 Å². The molecule has 1 amide bonds. The first kappa shape index (κ1) is 13.0. The van der Waals surface area contributed by atoms with Crippen LogP contribution in [0.3, 0.4) is 0 Å². The van der Waals surface area contributed by atoms with Gasteiger partial charge in [0.15, 0.2) is 0 Å². The van der Waals surface area contributed by atoms with Crippen molar-refractivity contribution in [2.24, 2.45) is 5.73 Å². The number of nitrogens with zero attached hydrogens (tertiary/aromatic N) is 2. The van der Waals surface area contributed by atoms with Gasteiger partial charge in [0.25, 0.3) is 0 Å². The molecule has 4 heteroatoms. The molecular formula is C14H21N3O. The third-order valence-corrected chi connectivity index (χ3v) is 3.52. The molecule has 1 aliphatic rings. The smallest absolute Gasteiger partial charge is 0.239 e. The summed E-state index contributed by atoms with van der Waals surface area (Å²) < 4.78 is 0. The van der Waals surface area contributed by atoms with Gasteiger partial charge in [-0.2, -0.15) is 0 Å². The lowest BCUT2D eigenvalue weighted by Gasteiger charge is -2.27. The zero-order valence-corrected chi connectivity index (χ0v) is 10.9. The van der Waals surface area contributed by atoms with Crippen LogP contribution in [-0.2, 0) is 4.79 Å². The van der Waals surface area contributed by atoms with Gasteiger partial charge in [-0.1, -0.05) is 19.4 Å². The molecule has 0 spiro atoms. The Morgan fingerprint density at radius 1 is 1.67 bits per heavy atom. The highest BCUT2D eigenvalue weighted by molar-refractivity contribution is 5.82. The molecule has 0 radical (unpaired) electrons. The van der Waals surface area contributed by atoms with E-state index in [0.717, 1.165) is 37.8 Å². The first-order valence-corrected chi connectivity index (χ1v) is 6.70. The van der Waals surface area contributed by atoms with Crippen molar-refractivity contribution in [1.82, 2.24) is 9.88 Å². The molecule has 2 N–H and O–H groups in total. The summed E-state index contributed by atoms with van der Waals surface area (Å²) in [7, 11) is 0. The number of rotatable bonds is 4. The van der Waals surface area contributed by atoms with Crippen LogP contribution in [0.2, 0.25) is 0 Å². The predicted molar refractivity (Wildman–Crippen MR) is 70.8 cm³/mol. The van der Waals surface area contributed by atoms with E-state index in [4.69, 9.17) is 5.73 Å². The average molecular weight is 247 g/mol. The zero-order valence-electron chi connectivity index (χ0n) is 10.9. The van der Waals surface area contributed by atoms with E-state index in [9.17, 15) is 4.79 Å². The molecule has 1 saturated heterocycles. The second-order valence-corrected chi connectivity index (χ2v) is 4.87. The molecular weight excluding hydrogens is 226 g/mol. The summed E-state index contributed by atoms with van der Waals surface area (Å²) in [5.41, 5.74) is 7.06. The molecule has 1 aromatic heterocycles. The van der Waals surface area contributed by atoms with E-state index in [-0.39, 0.29) is 18.0 Å². The van der Waals surface area contributed by atoms with Gasteiger partial charge >= 0.3 is 0 Å². The number of hydrogen-bond acceptors (Lipinski definition) is 3. The lowest BCUT2D eigenvalue weighted by atomic mass is 10.1. The van der Waals surface area contributed by atoms with Crippen LogP contribution in [0.5, 0.6) is 0 Å². The van der Waals surface area contributed by atoms with Gasteiger partial charge in [0.1, 0.15) is 0 Å². The van der Waals surface area contributed by atoms with Crippen LogP contribution in [0.25, 0.3) is 0 Å². The van der Waals surface area contributed by atoms with Crippen LogP contribution in [0.15, 0.2) is 24.5 Å². The van der Waals surface area contributed by atoms with Gasteiger partial charge < -0.3 is 10.6 Å². The van der Waals surface area contributed by atoms with Crippen molar-refractivity contribution < 1.29 is 4.79 Å². The number of amides is 1. The molecule has 0 aliphatic carbocycles. The second kappa shape index (κ2) is 5.96. The van der Waals surface area contributed by atoms with E-state index < -0.39 is 0 Å². The molecule has 2 atom stereocenters. The molecule has 1 aromatic rings. The van der Waals surface area contributed by atoms with Crippen molar-refractivity contribution in [2.45, 2.75) is 44.7 Å². The van der Waals surface area contributed by atoms with Gasteiger partial charge in [0.05, 0.1) is 12.1 Å². The molecule has 1 unspecified atom stereocenters. The number of hydrogen-bond donors (Lipinski definition) is 1. The molecule has 1 fully saturated rings. The van der Waals surface area contributed by atoms with Crippen molar-refractivity contribution >= 4 is 5.91 Å². The topological polar surface area (TPSA) is 59.2 Å². The van der Waals surface area contributed by atoms with Gasteiger partial charge in [0.2, 0.25) is 5.91 Å². The Bertz CT molecular complexity index is 393. The van der Waals surface area contributed by atoms with Crippen LogP contribution < -0.4 is 5.73 Å². The number of carbonyl (C=O) groups is 1. The highest BCUT2D eigenvalue weighted by Gasteiger charge is 2.32.